The summed E-state index contributed by atoms with van der Waals surface area (Å²) in [7, 11) is 0. The Morgan fingerprint density at radius 2 is 2.00 bits per heavy atom. The molecule has 0 fully saturated rings. The van der Waals surface area contributed by atoms with Crippen LogP contribution in [0, 0.1) is 0 Å². The summed E-state index contributed by atoms with van der Waals surface area (Å²) < 4.78 is 0. The zero-order valence-corrected chi connectivity index (χ0v) is 8.16. The van der Waals surface area contributed by atoms with Crippen molar-refractivity contribution in [1.82, 2.24) is 0 Å². The van der Waals surface area contributed by atoms with Crippen LogP contribution in [0.2, 0.25) is 0 Å². The summed E-state index contributed by atoms with van der Waals surface area (Å²) in [6, 6.07) is 10.4. The molecule has 0 aliphatic rings. The van der Waals surface area contributed by atoms with Gasteiger partial charge in [0.05, 0.1) is 0 Å². The Hall–Kier alpha value is -1.08. The summed E-state index contributed by atoms with van der Waals surface area (Å²) in [5.74, 6) is 0.422. The first-order chi connectivity index (χ1) is 6.25. The Bertz CT molecular complexity index is 264. The number of hydrogen-bond acceptors (Lipinski definition) is 1. The minimum absolute atomic E-state index is 0.422. The Kier molecular flexibility index (Phi) is 3.71. The fraction of sp³-hybridized carbons (Fsp3) is 0.333. The van der Waals surface area contributed by atoms with Crippen LogP contribution < -0.4 is 5.73 Å². The lowest BCUT2D eigenvalue weighted by Crippen LogP contribution is -2.07. The summed E-state index contributed by atoms with van der Waals surface area (Å²) >= 11 is 0. The van der Waals surface area contributed by atoms with E-state index in [0.717, 1.165) is 6.42 Å². The van der Waals surface area contributed by atoms with E-state index in [4.69, 9.17) is 5.73 Å². The van der Waals surface area contributed by atoms with Gasteiger partial charge in [0.2, 0.25) is 0 Å². The van der Waals surface area contributed by atoms with Crippen molar-refractivity contribution in [3.8, 4) is 0 Å². The van der Waals surface area contributed by atoms with Gasteiger partial charge in [-0.3, -0.25) is 0 Å². The van der Waals surface area contributed by atoms with E-state index in [1.807, 2.05) is 6.07 Å². The summed E-state index contributed by atoms with van der Waals surface area (Å²) in [4.78, 5) is 0. The highest BCUT2D eigenvalue weighted by molar-refractivity contribution is 5.26. The van der Waals surface area contributed by atoms with Crippen molar-refractivity contribution in [2.45, 2.75) is 19.3 Å². The molecule has 0 amide bonds. The van der Waals surface area contributed by atoms with Gasteiger partial charge < -0.3 is 5.73 Å². The maximum absolute atomic E-state index is 5.56. The van der Waals surface area contributed by atoms with Crippen molar-refractivity contribution in [2.75, 3.05) is 6.54 Å². The van der Waals surface area contributed by atoms with Crippen LogP contribution in [0.1, 0.15) is 24.8 Å². The van der Waals surface area contributed by atoms with Crippen LogP contribution in [-0.4, -0.2) is 6.54 Å². The molecule has 0 spiro atoms. The molecular weight excluding hydrogens is 158 g/mol. The maximum atomic E-state index is 5.56. The number of hydrogen-bond donors (Lipinski definition) is 1. The van der Waals surface area contributed by atoms with E-state index in [-0.39, 0.29) is 0 Å². The van der Waals surface area contributed by atoms with Gasteiger partial charge >= 0.3 is 0 Å². The van der Waals surface area contributed by atoms with Crippen molar-refractivity contribution in [2.24, 2.45) is 5.73 Å². The first kappa shape index (κ1) is 10.0. The SMILES string of the molecule is C=C(C)C(CCN)c1ccccc1. The molecule has 1 unspecified atom stereocenters. The minimum atomic E-state index is 0.422. The monoisotopic (exact) mass is 175 g/mol. The normalized spacial score (nSPS) is 12.5. The predicted molar refractivity (Wildman–Crippen MR) is 57.7 cm³/mol. The van der Waals surface area contributed by atoms with Gasteiger partial charge in [-0.05, 0) is 25.5 Å². The molecule has 0 radical (unpaired) electrons. The van der Waals surface area contributed by atoms with E-state index >= 15 is 0 Å². The number of nitrogens with two attached hydrogens (primary N) is 1. The molecule has 70 valence electrons. The quantitative estimate of drug-likeness (QED) is 0.699. The smallest absolute Gasteiger partial charge is 0.00546 e. The fourth-order valence-corrected chi connectivity index (χ4v) is 1.55. The van der Waals surface area contributed by atoms with Crippen LogP contribution in [0.4, 0.5) is 0 Å². The molecule has 1 heteroatoms. The Labute approximate surface area is 80.3 Å². The molecule has 0 aliphatic heterocycles. The molecule has 0 saturated heterocycles. The zero-order valence-electron chi connectivity index (χ0n) is 8.16. The highest BCUT2D eigenvalue weighted by atomic mass is 14.5. The van der Waals surface area contributed by atoms with Gasteiger partial charge in [-0.1, -0.05) is 42.5 Å². The third kappa shape index (κ3) is 2.71. The average Bonchev–Trinajstić information content (AvgIpc) is 2.15. The predicted octanol–water partition coefficient (Wildman–Crippen LogP) is 2.70. The van der Waals surface area contributed by atoms with Crippen LogP contribution in [0.5, 0.6) is 0 Å². The molecule has 13 heavy (non-hydrogen) atoms. The van der Waals surface area contributed by atoms with Crippen LogP contribution in [0.15, 0.2) is 42.5 Å². The van der Waals surface area contributed by atoms with E-state index in [1.165, 1.54) is 11.1 Å². The molecule has 0 saturated carbocycles. The van der Waals surface area contributed by atoms with Crippen LogP contribution in [0.3, 0.4) is 0 Å². The molecule has 1 rings (SSSR count). The molecule has 1 aromatic carbocycles. The molecule has 0 heterocycles. The molecule has 0 aromatic heterocycles. The van der Waals surface area contributed by atoms with E-state index in [1.54, 1.807) is 0 Å². The van der Waals surface area contributed by atoms with Crippen molar-refractivity contribution in [3.05, 3.63) is 48.0 Å². The number of rotatable bonds is 4. The molecule has 2 N–H and O–H groups in total. The van der Waals surface area contributed by atoms with Gasteiger partial charge in [-0.2, -0.15) is 0 Å². The summed E-state index contributed by atoms with van der Waals surface area (Å²) in [5, 5.41) is 0. The summed E-state index contributed by atoms with van der Waals surface area (Å²) in [5.41, 5.74) is 8.07. The molecule has 1 nitrogen and oxygen atoms in total. The Balaban J connectivity index is 2.82. The lowest BCUT2D eigenvalue weighted by Gasteiger charge is -2.16. The Morgan fingerprint density at radius 1 is 1.38 bits per heavy atom. The van der Waals surface area contributed by atoms with Crippen LogP contribution in [0.25, 0.3) is 0 Å². The molecule has 1 aromatic rings. The number of benzene rings is 1. The lowest BCUT2D eigenvalue weighted by molar-refractivity contribution is 0.715. The minimum Gasteiger partial charge on any atom is -0.330 e. The first-order valence-corrected chi connectivity index (χ1v) is 4.66. The highest BCUT2D eigenvalue weighted by Gasteiger charge is 2.09. The third-order valence-electron chi connectivity index (χ3n) is 2.25. The lowest BCUT2D eigenvalue weighted by atomic mass is 9.90. The van der Waals surface area contributed by atoms with Gasteiger partial charge in [-0.15, -0.1) is 0 Å². The van der Waals surface area contributed by atoms with Crippen molar-refractivity contribution >= 4 is 0 Å². The van der Waals surface area contributed by atoms with Crippen molar-refractivity contribution in [3.63, 3.8) is 0 Å². The fourth-order valence-electron chi connectivity index (χ4n) is 1.55. The molecular formula is C12H17N. The second-order valence-electron chi connectivity index (χ2n) is 3.39. The summed E-state index contributed by atoms with van der Waals surface area (Å²) in [6.07, 6.45) is 0.985. The van der Waals surface area contributed by atoms with Crippen LogP contribution >= 0.6 is 0 Å². The largest absolute Gasteiger partial charge is 0.330 e. The van der Waals surface area contributed by atoms with Crippen molar-refractivity contribution in [1.29, 1.82) is 0 Å². The van der Waals surface area contributed by atoms with Gasteiger partial charge in [0, 0.05) is 5.92 Å². The second-order valence-corrected chi connectivity index (χ2v) is 3.39. The van der Waals surface area contributed by atoms with Gasteiger partial charge in [-0.25, -0.2) is 0 Å². The first-order valence-electron chi connectivity index (χ1n) is 4.66. The van der Waals surface area contributed by atoms with E-state index in [0.29, 0.717) is 12.5 Å². The molecule has 0 bridgehead atoms. The second kappa shape index (κ2) is 4.83. The molecule has 1 atom stereocenters. The van der Waals surface area contributed by atoms with Crippen LogP contribution in [-0.2, 0) is 0 Å². The van der Waals surface area contributed by atoms with Gasteiger partial charge in [0.1, 0.15) is 0 Å². The van der Waals surface area contributed by atoms with Gasteiger partial charge in [0.25, 0.3) is 0 Å². The standard InChI is InChI=1S/C12H17N/c1-10(2)12(8-9-13)11-6-4-3-5-7-11/h3-7,12H,1,8-9,13H2,2H3. The van der Waals surface area contributed by atoms with E-state index in [9.17, 15) is 0 Å². The zero-order chi connectivity index (χ0) is 9.68. The van der Waals surface area contributed by atoms with Crippen molar-refractivity contribution < 1.29 is 0 Å². The highest BCUT2D eigenvalue weighted by Crippen LogP contribution is 2.25. The molecule has 0 aliphatic carbocycles. The van der Waals surface area contributed by atoms with E-state index < -0.39 is 0 Å². The van der Waals surface area contributed by atoms with Gasteiger partial charge in [0.15, 0.2) is 0 Å². The average molecular weight is 175 g/mol. The Morgan fingerprint density at radius 3 is 2.46 bits per heavy atom. The van der Waals surface area contributed by atoms with E-state index in [2.05, 4.69) is 37.8 Å². The number of allylic oxidation sites excluding steroid dienone is 1. The topological polar surface area (TPSA) is 26.0 Å². The third-order valence-corrected chi connectivity index (χ3v) is 2.25. The summed E-state index contributed by atoms with van der Waals surface area (Å²) in [6.45, 7) is 6.77. The maximum Gasteiger partial charge on any atom is 0.00546 e.